The molecule has 1 aliphatic rings. The molecule has 2 rings (SSSR count). The summed E-state index contributed by atoms with van der Waals surface area (Å²) in [6.07, 6.45) is -4.54. The van der Waals surface area contributed by atoms with E-state index in [2.05, 4.69) is 0 Å². The van der Waals surface area contributed by atoms with Crippen molar-refractivity contribution in [2.45, 2.75) is 38.8 Å². The summed E-state index contributed by atoms with van der Waals surface area (Å²) in [6, 6.07) is 5.34. The fourth-order valence-electron chi connectivity index (χ4n) is 1.97. The molecule has 1 aromatic carbocycles. The lowest BCUT2D eigenvalue weighted by Gasteiger charge is -2.32. The van der Waals surface area contributed by atoms with Gasteiger partial charge in [-0.1, -0.05) is 6.07 Å². The van der Waals surface area contributed by atoms with Crippen LogP contribution in [0.25, 0.3) is 0 Å². The molecule has 1 N–H and O–H groups in total. The third-order valence-electron chi connectivity index (χ3n) is 3.01. The molecule has 1 heterocycles. The molecule has 1 aliphatic heterocycles. The van der Waals surface area contributed by atoms with E-state index in [1.165, 1.54) is 0 Å². The number of hydrogen-bond acceptors (Lipinski definition) is 3. The van der Waals surface area contributed by atoms with Gasteiger partial charge in [0.05, 0.1) is 6.61 Å². The molecule has 0 atom stereocenters. The number of carbonyl (C=O) groups excluding carboxylic acids is 1. The van der Waals surface area contributed by atoms with Gasteiger partial charge in [0, 0.05) is 26.0 Å². The molecular formula is C14H16F3NO3. The van der Waals surface area contributed by atoms with E-state index in [0.29, 0.717) is 18.8 Å². The number of alkyl halides is 3. The summed E-state index contributed by atoms with van der Waals surface area (Å²) in [5.74, 6) is -1.90. The van der Waals surface area contributed by atoms with Crippen LogP contribution in [0.3, 0.4) is 0 Å². The summed E-state index contributed by atoms with van der Waals surface area (Å²) < 4.78 is 47.2. The van der Waals surface area contributed by atoms with E-state index in [-0.39, 0.29) is 6.54 Å². The van der Waals surface area contributed by atoms with Crippen molar-refractivity contribution in [3.8, 4) is 5.75 Å². The van der Waals surface area contributed by atoms with Crippen LogP contribution in [0.15, 0.2) is 18.2 Å². The minimum absolute atomic E-state index is 0.0790. The summed E-state index contributed by atoms with van der Waals surface area (Å²) in [5, 5.41) is 1.84. The van der Waals surface area contributed by atoms with Crippen LogP contribution >= 0.6 is 0 Å². The number of halogens is 3. The lowest BCUT2D eigenvalue weighted by molar-refractivity contribution is -0.180. The van der Waals surface area contributed by atoms with Crippen LogP contribution in [-0.2, 0) is 22.6 Å². The van der Waals surface area contributed by atoms with Crippen LogP contribution in [0.5, 0.6) is 5.75 Å². The summed E-state index contributed by atoms with van der Waals surface area (Å²) >= 11 is 0. The Morgan fingerprint density at radius 2 is 2.10 bits per heavy atom. The fourth-order valence-corrected chi connectivity index (χ4v) is 1.97. The summed E-state index contributed by atoms with van der Waals surface area (Å²) in [5.41, 5.74) is 1.65. The van der Waals surface area contributed by atoms with Gasteiger partial charge in [-0.2, -0.15) is 13.2 Å². The molecule has 7 heteroatoms. The van der Waals surface area contributed by atoms with Gasteiger partial charge < -0.3 is 14.8 Å². The van der Waals surface area contributed by atoms with E-state index in [0.717, 1.165) is 11.1 Å². The van der Waals surface area contributed by atoms with Gasteiger partial charge in [-0.15, -0.1) is 0 Å². The van der Waals surface area contributed by atoms with Crippen molar-refractivity contribution >= 4 is 5.91 Å². The van der Waals surface area contributed by atoms with Crippen molar-refractivity contribution < 1.29 is 27.4 Å². The average Bonchev–Trinajstić information content (AvgIpc) is 2.37. The quantitative estimate of drug-likeness (QED) is 0.933. The van der Waals surface area contributed by atoms with E-state index in [1.54, 1.807) is 26.0 Å². The van der Waals surface area contributed by atoms with Gasteiger partial charge >= 0.3 is 12.1 Å². The second-order valence-corrected chi connectivity index (χ2v) is 5.24. The number of hydrogen-bond donors (Lipinski definition) is 1. The number of fused-ring (bicyclic) bond motifs is 1. The third kappa shape index (κ3) is 4.10. The van der Waals surface area contributed by atoms with Gasteiger partial charge in [0.25, 0.3) is 0 Å². The van der Waals surface area contributed by atoms with Crippen LogP contribution < -0.4 is 10.1 Å². The highest BCUT2D eigenvalue weighted by atomic mass is 19.4. The molecule has 0 unspecified atom stereocenters. The SMILES string of the molecule is CC1(C)OCc2cc(CCNC(=O)C(F)(F)F)ccc2O1. The van der Waals surface area contributed by atoms with Crippen molar-refractivity contribution in [1.82, 2.24) is 5.32 Å². The molecule has 0 aromatic heterocycles. The predicted molar refractivity (Wildman–Crippen MR) is 68.7 cm³/mol. The second-order valence-electron chi connectivity index (χ2n) is 5.24. The lowest BCUT2D eigenvalue weighted by Crippen LogP contribution is -2.37. The number of ether oxygens (including phenoxy) is 2. The Morgan fingerprint density at radius 3 is 2.76 bits per heavy atom. The lowest BCUT2D eigenvalue weighted by atomic mass is 10.1. The van der Waals surface area contributed by atoms with Gasteiger partial charge in [-0.3, -0.25) is 4.79 Å². The number of rotatable bonds is 3. The van der Waals surface area contributed by atoms with Gasteiger partial charge in [0.2, 0.25) is 5.79 Å². The monoisotopic (exact) mass is 303 g/mol. The Bertz CT molecular complexity index is 541. The second kappa shape index (κ2) is 5.55. The molecule has 0 fully saturated rings. The van der Waals surface area contributed by atoms with Crippen molar-refractivity contribution in [2.24, 2.45) is 0 Å². The molecule has 0 aliphatic carbocycles. The zero-order valence-corrected chi connectivity index (χ0v) is 11.7. The Balaban J connectivity index is 1.93. The molecular weight excluding hydrogens is 287 g/mol. The van der Waals surface area contributed by atoms with Crippen LogP contribution in [0.4, 0.5) is 13.2 Å². The third-order valence-corrected chi connectivity index (χ3v) is 3.01. The summed E-state index contributed by atoms with van der Waals surface area (Å²) in [7, 11) is 0. The molecule has 1 amide bonds. The first-order chi connectivity index (χ1) is 9.67. The number of nitrogens with one attached hydrogen (secondary N) is 1. The first kappa shape index (κ1) is 15.6. The first-order valence-electron chi connectivity index (χ1n) is 6.47. The van der Waals surface area contributed by atoms with Crippen molar-refractivity contribution in [3.63, 3.8) is 0 Å². The van der Waals surface area contributed by atoms with E-state index in [1.807, 2.05) is 11.4 Å². The largest absolute Gasteiger partial charge is 0.471 e. The summed E-state index contributed by atoms with van der Waals surface area (Å²) in [6.45, 7) is 3.91. The standard InChI is InChI=1S/C14H16F3NO3/c1-13(2)20-8-10-7-9(3-4-11(10)21-13)5-6-18-12(19)14(15,16)17/h3-4,7H,5-6,8H2,1-2H3,(H,18,19). The Morgan fingerprint density at radius 1 is 1.38 bits per heavy atom. The van der Waals surface area contributed by atoms with Gasteiger partial charge in [0.1, 0.15) is 5.75 Å². The maximum absolute atomic E-state index is 12.0. The Kier molecular flexibility index (Phi) is 4.13. The maximum Gasteiger partial charge on any atom is 0.471 e. The Hall–Kier alpha value is -1.76. The molecule has 0 bridgehead atoms. The van der Waals surface area contributed by atoms with Crippen LogP contribution in [0.1, 0.15) is 25.0 Å². The van der Waals surface area contributed by atoms with Crippen molar-refractivity contribution in [3.05, 3.63) is 29.3 Å². The van der Waals surface area contributed by atoms with Crippen molar-refractivity contribution in [2.75, 3.05) is 6.54 Å². The molecule has 1 aromatic rings. The van der Waals surface area contributed by atoms with Crippen LogP contribution in [-0.4, -0.2) is 24.4 Å². The fraction of sp³-hybridized carbons (Fsp3) is 0.500. The van der Waals surface area contributed by atoms with Gasteiger partial charge in [0.15, 0.2) is 0 Å². The number of carbonyl (C=O) groups is 1. The highest BCUT2D eigenvalue weighted by Crippen LogP contribution is 2.31. The molecule has 21 heavy (non-hydrogen) atoms. The van der Waals surface area contributed by atoms with E-state index in [4.69, 9.17) is 9.47 Å². The van der Waals surface area contributed by atoms with Crippen LogP contribution in [0.2, 0.25) is 0 Å². The molecule has 0 saturated heterocycles. The molecule has 0 radical (unpaired) electrons. The maximum atomic E-state index is 12.0. The highest BCUT2D eigenvalue weighted by molar-refractivity contribution is 5.81. The van der Waals surface area contributed by atoms with Gasteiger partial charge in [-0.25, -0.2) is 0 Å². The van der Waals surface area contributed by atoms with E-state index < -0.39 is 17.9 Å². The average molecular weight is 303 g/mol. The Labute approximate surface area is 120 Å². The zero-order chi connectivity index (χ0) is 15.7. The smallest absolute Gasteiger partial charge is 0.463 e. The normalized spacial score (nSPS) is 16.8. The van der Waals surface area contributed by atoms with E-state index in [9.17, 15) is 18.0 Å². The minimum atomic E-state index is -4.84. The van der Waals surface area contributed by atoms with Gasteiger partial charge in [-0.05, 0) is 24.1 Å². The summed E-state index contributed by atoms with van der Waals surface area (Å²) in [4.78, 5) is 10.7. The molecule has 0 saturated carbocycles. The predicted octanol–water partition coefficient (Wildman–Crippen LogP) is 2.55. The highest BCUT2D eigenvalue weighted by Gasteiger charge is 2.38. The molecule has 0 spiro atoms. The number of benzene rings is 1. The van der Waals surface area contributed by atoms with Crippen molar-refractivity contribution in [1.29, 1.82) is 0 Å². The van der Waals surface area contributed by atoms with Crippen LogP contribution in [0, 0.1) is 0 Å². The minimum Gasteiger partial charge on any atom is -0.463 e. The zero-order valence-electron chi connectivity index (χ0n) is 11.7. The first-order valence-corrected chi connectivity index (χ1v) is 6.47. The molecule has 116 valence electrons. The topological polar surface area (TPSA) is 47.6 Å². The number of amides is 1. The van der Waals surface area contributed by atoms with E-state index >= 15 is 0 Å². The molecule has 4 nitrogen and oxygen atoms in total.